The molecule has 0 saturated carbocycles. The smallest absolute Gasteiger partial charge is 0.263 e. The lowest BCUT2D eigenvalue weighted by atomic mass is 10.0. The number of rotatable bonds is 4. The number of halogens is 2. The number of benzene rings is 1. The molecule has 1 atom stereocenters. The number of aryl methyl sites for hydroxylation is 1. The standard InChI is InChI=1S/C12H13F2N3O/c1-17-11(15-7-16-17)6-10(18)8-3-2-4-9(5-8)12(13)14/h2-5,7,10,12,18H,6H2,1H3. The highest BCUT2D eigenvalue weighted by Crippen LogP contribution is 2.23. The van der Waals surface area contributed by atoms with E-state index in [2.05, 4.69) is 10.1 Å². The first-order chi connectivity index (χ1) is 8.58. The molecule has 1 aromatic heterocycles. The van der Waals surface area contributed by atoms with E-state index >= 15 is 0 Å². The molecule has 4 nitrogen and oxygen atoms in total. The van der Waals surface area contributed by atoms with Crippen LogP contribution < -0.4 is 0 Å². The third-order valence-corrected chi connectivity index (χ3v) is 2.73. The topological polar surface area (TPSA) is 50.9 Å². The van der Waals surface area contributed by atoms with E-state index in [9.17, 15) is 13.9 Å². The quantitative estimate of drug-likeness (QED) is 0.907. The minimum absolute atomic E-state index is 0.0930. The highest BCUT2D eigenvalue weighted by molar-refractivity contribution is 5.26. The van der Waals surface area contributed by atoms with Crippen LogP contribution in [0.4, 0.5) is 8.78 Å². The van der Waals surface area contributed by atoms with E-state index in [1.54, 1.807) is 17.8 Å². The largest absolute Gasteiger partial charge is 0.388 e. The van der Waals surface area contributed by atoms with Gasteiger partial charge in [0.25, 0.3) is 6.43 Å². The van der Waals surface area contributed by atoms with Crippen molar-refractivity contribution in [2.24, 2.45) is 7.05 Å². The molecule has 2 rings (SSSR count). The first-order valence-electron chi connectivity index (χ1n) is 5.47. The molecule has 6 heteroatoms. The molecule has 0 aliphatic rings. The fourth-order valence-corrected chi connectivity index (χ4v) is 1.70. The molecule has 96 valence electrons. The molecule has 0 saturated heterocycles. The van der Waals surface area contributed by atoms with E-state index in [4.69, 9.17) is 0 Å². The Morgan fingerprint density at radius 1 is 1.33 bits per heavy atom. The molecule has 0 amide bonds. The van der Waals surface area contributed by atoms with Gasteiger partial charge in [0.2, 0.25) is 0 Å². The predicted octanol–water partition coefficient (Wildman–Crippen LogP) is 2.03. The highest BCUT2D eigenvalue weighted by Gasteiger charge is 2.14. The van der Waals surface area contributed by atoms with E-state index in [0.717, 1.165) is 0 Å². The summed E-state index contributed by atoms with van der Waals surface area (Å²) in [6.07, 6.45) is -1.78. The number of aliphatic hydroxyl groups is 1. The lowest BCUT2D eigenvalue weighted by Gasteiger charge is -2.11. The third kappa shape index (κ3) is 2.70. The van der Waals surface area contributed by atoms with Gasteiger partial charge in [-0.15, -0.1) is 0 Å². The molecule has 1 unspecified atom stereocenters. The van der Waals surface area contributed by atoms with Crippen LogP contribution in [0.25, 0.3) is 0 Å². The molecule has 2 aromatic rings. The first-order valence-corrected chi connectivity index (χ1v) is 5.47. The minimum atomic E-state index is -2.54. The van der Waals surface area contributed by atoms with Crippen LogP contribution in [-0.4, -0.2) is 19.9 Å². The predicted molar refractivity (Wildman–Crippen MR) is 61.1 cm³/mol. The summed E-state index contributed by atoms with van der Waals surface area (Å²) >= 11 is 0. The Balaban J connectivity index is 2.16. The molecule has 0 fully saturated rings. The monoisotopic (exact) mass is 253 g/mol. The second-order valence-electron chi connectivity index (χ2n) is 3.99. The van der Waals surface area contributed by atoms with Crippen molar-refractivity contribution >= 4 is 0 Å². The van der Waals surface area contributed by atoms with Crippen molar-refractivity contribution in [2.75, 3.05) is 0 Å². The lowest BCUT2D eigenvalue weighted by Crippen LogP contribution is -2.08. The second-order valence-corrected chi connectivity index (χ2v) is 3.99. The summed E-state index contributed by atoms with van der Waals surface area (Å²) in [5.41, 5.74) is 0.361. The molecular formula is C12H13F2N3O. The van der Waals surface area contributed by atoms with Crippen molar-refractivity contribution in [3.05, 3.63) is 47.5 Å². The van der Waals surface area contributed by atoms with Gasteiger partial charge in [-0.1, -0.05) is 18.2 Å². The number of alkyl halides is 2. The van der Waals surface area contributed by atoms with Crippen LogP contribution in [0.2, 0.25) is 0 Å². The summed E-state index contributed by atoms with van der Waals surface area (Å²) < 4.78 is 26.6. The normalized spacial score (nSPS) is 12.9. The highest BCUT2D eigenvalue weighted by atomic mass is 19.3. The van der Waals surface area contributed by atoms with Gasteiger partial charge in [0.15, 0.2) is 0 Å². The number of hydrogen-bond donors (Lipinski definition) is 1. The Bertz CT molecular complexity index is 528. The van der Waals surface area contributed by atoms with E-state index in [1.807, 2.05) is 0 Å². The summed E-state index contributed by atoms with van der Waals surface area (Å²) in [6.45, 7) is 0. The van der Waals surface area contributed by atoms with Crippen LogP contribution in [0.5, 0.6) is 0 Å². The average Bonchev–Trinajstić information content (AvgIpc) is 2.75. The van der Waals surface area contributed by atoms with Crippen LogP contribution in [0, 0.1) is 0 Å². The number of nitrogens with zero attached hydrogens (tertiary/aromatic N) is 3. The summed E-state index contributed by atoms with van der Waals surface area (Å²) in [7, 11) is 1.71. The zero-order valence-corrected chi connectivity index (χ0v) is 9.79. The van der Waals surface area contributed by atoms with Gasteiger partial charge in [-0.05, 0) is 11.6 Å². The van der Waals surface area contributed by atoms with Gasteiger partial charge >= 0.3 is 0 Å². The van der Waals surface area contributed by atoms with Gasteiger partial charge in [-0.3, -0.25) is 4.68 Å². The van der Waals surface area contributed by atoms with Crippen LogP contribution in [0.3, 0.4) is 0 Å². The summed E-state index contributed by atoms with van der Waals surface area (Å²) in [5.74, 6) is 0.602. The van der Waals surface area contributed by atoms with Crippen LogP contribution >= 0.6 is 0 Å². The van der Waals surface area contributed by atoms with E-state index in [1.165, 1.54) is 24.5 Å². The van der Waals surface area contributed by atoms with Gasteiger partial charge in [0.1, 0.15) is 12.2 Å². The van der Waals surface area contributed by atoms with Gasteiger partial charge in [0.05, 0.1) is 6.10 Å². The van der Waals surface area contributed by atoms with Gasteiger partial charge in [0, 0.05) is 19.0 Å². The van der Waals surface area contributed by atoms with Crippen molar-refractivity contribution in [1.29, 1.82) is 0 Å². The summed E-state index contributed by atoms with van der Waals surface area (Å²) in [4.78, 5) is 3.98. The zero-order chi connectivity index (χ0) is 13.1. The van der Waals surface area contributed by atoms with Crippen molar-refractivity contribution < 1.29 is 13.9 Å². The molecule has 1 aromatic carbocycles. The third-order valence-electron chi connectivity index (χ3n) is 2.73. The fourth-order valence-electron chi connectivity index (χ4n) is 1.70. The first kappa shape index (κ1) is 12.6. The van der Waals surface area contributed by atoms with Crippen LogP contribution in [0.1, 0.15) is 29.5 Å². The minimum Gasteiger partial charge on any atom is -0.388 e. The van der Waals surface area contributed by atoms with Crippen molar-refractivity contribution in [2.45, 2.75) is 19.0 Å². The molecular weight excluding hydrogens is 240 g/mol. The van der Waals surface area contributed by atoms with Crippen LogP contribution in [-0.2, 0) is 13.5 Å². The molecule has 18 heavy (non-hydrogen) atoms. The second kappa shape index (κ2) is 5.22. The van der Waals surface area contributed by atoms with Crippen molar-refractivity contribution in [1.82, 2.24) is 14.8 Å². The Labute approximate surface area is 103 Å². The SMILES string of the molecule is Cn1ncnc1CC(O)c1cccc(C(F)F)c1. The molecule has 0 aliphatic heterocycles. The van der Waals surface area contributed by atoms with E-state index in [0.29, 0.717) is 11.4 Å². The Kier molecular flexibility index (Phi) is 3.66. The molecule has 0 spiro atoms. The Hall–Kier alpha value is -1.82. The lowest BCUT2D eigenvalue weighted by molar-refractivity contribution is 0.149. The number of hydrogen-bond acceptors (Lipinski definition) is 3. The maximum atomic E-state index is 12.5. The van der Waals surface area contributed by atoms with Gasteiger partial charge in [-0.25, -0.2) is 13.8 Å². The summed E-state index contributed by atoms with van der Waals surface area (Å²) in [6, 6.07) is 5.78. The molecule has 1 heterocycles. The molecule has 0 aliphatic carbocycles. The zero-order valence-electron chi connectivity index (χ0n) is 9.79. The van der Waals surface area contributed by atoms with Crippen molar-refractivity contribution in [3.8, 4) is 0 Å². The van der Waals surface area contributed by atoms with E-state index < -0.39 is 12.5 Å². The average molecular weight is 253 g/mol. The molecule has 1 N–H and O–H groups in total. The Morgan fingerprint density at radius 3 is 2.67 bits per heavy atom. The fraction of sp³-hybridized carbons (Fsp3) is 0.333. The van der Waals surface area contributed by atoms with Gasteiger partial charge in [-0.2, -0.15) is 5.10 Å². The molecule has 0 radical (unpaired) electrons. The molecule has 0 bridgehead atoms. The maximum Gasteiger partial charge on any atom is 0.263 e. The number of aromatic nitrogens is 3. The maximum absolute atomic E-state index is 12.5. The van der Waals surface area contributed by atoms with Crippen LogP contribution in [0.15, 0.2) is 30.6 Å². The summed E-state index contributed by atoms with van der Waals surface area (Å²) in [5, 5.41) is 13.9. The van der Waals surface area contributed by atoms with Crippen molar-refractivity contribution in [3.63, 3.8) is 0 Å². The Morgan fingerprint density at radius 2 is 2.06 bits per heavy atom. The van der Waals surface area contributed by atoms with Gasteiger partial charge < -0.3 is 5.11 Å². The van der Waals surface area contributed by atoms with E-state index in [-0.39, 0.29) is 12.0 Å². The number of aliphatic hydroxyl groups excluding tert-OH is 1.